The molecule has 0 spiro atoms. The number of ether oxygens (including phenoxy) is 1. The van der Waals surface area contributed by atoms with Gasteiger partial charge in [-0.3, -0.25) is 9.59 Å². The van der Waals surface area contributed by atoms with Gasteiger partial charge in [-0.15, -0.1) is 6.58 Å². The standard InChI is InChI=1S/C23H26N2O4/c1-4-11-25-16(2)13-20(17(25)3)21(26)15-29-23(28)19-9-7-18(8-10-19)14-24-12-5-6-22(24)27/h4,7-10,13H,1,5-6,11-12,14-15H2,2-3H3. The zero-order chi connectivity index (χ0) is 21.0. The van der Waals surface area contributed by atoms with Crippen LogP contribution in [0, 0.1) is 13.8 Å². The van der Waals surface area contributed by atoms with Gasteiger partial charge in [0.1, 0.15) is 0 Å². The molecule has 1 fully saturated rings. The number of allylic oxidation sites excluding steroid dienone is 1. The second-order valence-corrected chi connectivity index (χ2v) is 7.30. The van der Waals surface area contributed by atoms with Gasteiger partial charge in [-0.2, -0.15) is 0 Å². The molecule has 0 unspecified atom stereocenters. The Balaban J connectivity index is 1.57. The summed E-state index contributed by atoms with van der Waals surface area (Å²) in [6, 6.07) is 8.76. The Bertz CT molecular complexity index is 941. The molecule has 1 aromatic carbocycles. The maximum absolute atomic E-state index is 12.5. The van der Waals surface area contributed by atoms with E-state index in [0.717, 1.165) is 29.9 Å². The Hall–Kier alpha value is -3.15. The first kappa shape index (κ1) is 20.6. The van der Waals surface area contributed by atoms with E-state index in [9.17, 15) is 14.4 Å². The largest absolute Gasteiger partial charge is 0.454 e. The van der Waals surface area contributed by atoms with Gasteiger partial charge in [0.05, 0.1) is 5.56 Å². The molecule has 1 saturated heterocycles. The van der Waals surface area contributed by atoms with Crippen LogP contribution < -0.4 is 0 Å². The minimum absolute atomic E-state index is 0.166. The zero-order valence-corrected chi connectivity index (χ0v) is 16.9. The normalized spacial score (nSPS) is 13.6. The molecule has 1 aromatic heterocycles. The number of nitrogens with zero attached hydrogens (tertiary/aromatic N) is 2. The summed E-state index contributed by atoms with van der Waals surface area (Å²) in [5.41, 5.74) is 3.70. The predicted octanol–water partition coefficient (Wildman–Crippen LogP) is 3.45. The van der Waals surface area contributed by atoms with E-state index in [1.807, 2.05) is 41.5 Å². The molecule has 3 rings (SSSR count). The van der Waals surface area contributed by atoms with Crippen molar-refractivity contribution in [3.05, 3.63) is 71.1 Å². The number of rotatable bonds is 8. The van der Waals surface area contributed by atoms with Crippen LogP contribution in [0.4, 0.5) is 0 Å². The Kier molecular flexibility index (Phi) is 6.32. The third kappa shape index (κ3) is 4.65. The number of benzene rings is 1. The van der Waals surface area contributed by atoms with E-state index in [4.69, 9.17) is 4.74 Å². The van der Waals surface area contributed by atoms with Crippen LogP contribution >= 0.6 is 0 Å². The maximum atomic E-state index is 12.5. The number of Topliss-reactive ketones (excluding diaryl/α,β-unsaturated/α-hetero) is 1. The van der Waals surface area contributed by atoms with Gasteiger partial charge < -0.3 is 14.2 Å². The van der Waals surface area contributed by atoms with E-state index in [1.54, 1.807) is 18.2 Å². The SMILES string of the molecule is C=CCn1c(C)cc(C(=O)COC(=O)c2ccc(CN3CCCC3=O)cc2)c1C. The summed E-state index contributed by atoms with van der Waals surface area (Å²) in [6.07, 6.45) is 3.28. The maximum Gasteiger partial charge on any atom is 0.338 e. The molecule has 2 aromatic rings. The van der Waals surface area contributed by atoms with Crippen molar-refractivity contribution in [2.24, 2.45) is 0 Å². The van der Waals surface area contributed by atoms with Crippen molar-refractivity contribution in [1.29, 1.82) is 0 Å². The molecule has 0 bridgehead atoms. The molecule has 6 heteroatoms. The second-order valence-electron chi connectivity index (χ2n) is 7.30. The summed E-state index contributed by atoms with van der Waals surface area (Å²) in [5.74, 6) is -0.604. The molecule has 152 valence electrons. The number of hydrogen-bond acceptors (Lipinski definition) is 4. The third-order valence-corrected chi connectivity index (χ3v) is 5.25. The number of amides is 1. The smallest absolute Gasteiger partial charge is 0.338 e. The van der Waals surface area contributed by atoms with Gasteiger partial charge in [0.25, 0.3) is 0 Å². The first-order valence-corrected chi connectivity index (χ1v) is 9.75. The highest BCUT2D eigenvalue weighted by atomic mass is 16.5. The van der Waals surface area contributed by atoms with Gasteiger partial charge in [0, 0.05) is 43.0 Å². The molecule has 6 nitrogen and oxygen atoms in total. The summed E-state index contributed by atoms with van der Waals surface area (Å²) in [4.78, 5) is 38.3. The van der Waals surface area contributed by atoms with Crippen molar-refractivity contribution in [2.45, 2.75) is 39.8 Å². The first-order chi connectivity index (χ1) is 13.9. The lowest BCUT2D eigenvalue weighted by molar-refractivity contribution is -0.128. The highest BCUT2D eigenvalue weighted by Gasteiger charge is 2.20. The topological polar surface area (TPSA) is 68.6 Å². The van der Waals surface area contributed by atoms with Crippen LogP contribution in [-0.2, 0) is 22.6 Å². The zero-order valence-electron chi connectivity index (χ0n) is 16.9. The number of ketones is 1. The first-order valence-electron chi connectivity index (χ1n) is 9.75. The van der Waals surface area contributed by atoms with Crippen LogP contribution in [0.5, 0.6) is 0 Å². The Morgan fingerprint density at radius 3 is 2.55 bits per heavy atom. The van der Waals surface area contributed by atoms with Gasteiger partial charge in [0.2, 0.25) is 11.7 Å². The number of aromatic nitrogens is 1. The van der Waals surface area contributed by atoms with Gasteiger partial charge in [0.15, 0.2) is 6.61 Å². The summed E-state index contributed by atoms with van der Waals surface area (Å²) >= 11 is 0. The molecule has 1 amide bonds. The molecule has 0 saturated carbocycles. The van der Waals surface area contributed by atoms with E-state index in [2.05, 4.69) is 6.58 Å². The lowest BCUT2D eigenvalue weighted by Crippen LogP contribution is -2.23. The van der Waals surface area contributed by atoms with E-state index in [0.29, 0.717) is 30.6 Å². The summed E-state index contributed by atoms with van der Waals surface area (Å²) in [5, 5.41) is 0. The van der Waals surface area contributed by atoms with Crippen molar-refractivity contribution >= 4 is 17.7 Å². The minimum Gasteiger partial charge on any atom is -0.454 e. The van der Waals surface area contributed by atoms with Crippen molar-refractivity contribution in [3.63, 3.8) is 0 Å². The molecule has 2 heterocycles. The van der Waals surface area contributed by atoms with Crippen molar-refractivity contribution in [1.82, 2.24) is 9.47 Å². The number of carbonyl (C=O) groups excluding carboxylic acids is 3. The molecule has 1 aliphatic heterocycles. The number of likely N-dealkylation sites (tertiary alicyclic amines) is 1. The Morgan fingerprint density at radius 2 is 1.93 bits per heavy atom. The van der Waals surface area contributed by atoms with Gasteiger partial charge in [-0.25, -0.2) is 4.79 Å². The van der Waals surface area contributed by atoms with Gasteiger partial charge in [-0.1, -0.05) is 18.2 Å². The molecule has 0 atom stereocenters. The van der Waals surface area contributed by atoms with Crippen LogP contribution in [0.15, 0.2) is 43.0 Å². The fraction of sp³-hybridized carbons (Fsp3) is 0.348. The molecule has 29 heavy (non-hydrogen) atoms. The molecular weight excluding hydrogens is 368 g/mol. The highest BCUT2D eigenvalue weighted by molar-refractivity contribution is 6.00. The Morgan fingerprint density at radius 1 is 1.21 bits per heavy atom. The fourth-order valence-electron chi connectivity index (χ4n) is 3.62. The van der Waals surface area contributed by atoms with Crippen LogP contribution in [0.3, 0.4) is 0 Å². The van der Waals surface area contributed by atoms with Crippen molar-refractivity contribution in [2.75, 3.05) is 13.2 Å². The number of aryl methyl sites for hydroxylation is 1. The number of esters is 1. The molecule has 0 aliphatic carbocycles. The molecule has 1 aliphatic rings. The average Bonchev–Trinajstić information content (AvgIpc) is 3.24. The van der Waals surface area contributed by atoms with E-state index in [-0.39, 0.29) is 18.3 Å². The monoisotopic (exact) mass is 394 g/mol. The Labute approximate surface area is 170 Å². The predicted molar refractivity (Wildman–Crippen MR) is 110 cm³/mol. The molecule has 0 N–H and O–H groups in total. The molecule has 0 radical (unpaired) electrons. The highest BCUT2D eigenvalue weighted by Crippen LogP contribution is 2.17. The van der Waals surface area contributed by atoms with Gasteiger partial charge >= 0.3 is 5.97 Å². The average molecular weight is 394 g/mol. The van der Waals surface area contributed by atoms with Gasteiger partial charge in [-0.05, 0) is 44.0 Å². The van der Waals surface area contributed by atoms with Crippen molar-refractivity contribution in [3.8, 4) is 0 Å². The van der Waals surface area contributed by atoms with Crippen LogP contribution in [0.2, 0.25) is 0 Å². The van der Waals surface area contributed by atoms with E-state index >= 15 is 0 Å². The lowest BCUT2D eigenvalue weighted by Gasteiger charge is -2.15. The van der Waals surface area contributed by atoms with Crippen LogP contribution in [0.1, 0.15) is 50.5 Å². The quantitative estimate of drug-likeness (QED) is 0.391. The third-order valence-electron chi connectivity index (χ3n) is 5.25. The van der Waals surface area contributed by atoms with Crippen molar-refractivity contribution < 1.29 is 19.1 Å². The lowest BCUT2D eigenvalue weighted by atomic mass is 10.1. The van der Waals surface area contributed by atoms with Crippen LogP contribution in [0.25, 0.3) is 0 Å². The number of carbonyl (C=O) groups is 3. The second kappa shape index (κ2) is 8.90. The molecular formula is C23H26N2O4. The fourth-order valence-corrected chi connectivity index (χ4v) is 3.62. The summed E-state index contributed by atoms with van der Waals surface area (Å²) < 4.78 is 7.21. The summed E-state index contributed by atoms with van der Waals surface area (Å²) in [7, 11) is 0. The van der Waals surface area contributed by atoms with Crippen LogP contribution in [-0.4, -0.2) is 40.3 Å². The minimum atomic E-state index is -0.540. The van der Waals surface area contributed by atoms with E-state index < -0.39 is 5.97 Å². The summed E-state index contributed by atoms with van der Waals surface area (Å²) in [6.45, 7) is 9.17. The number of hydrogen-bond donors (Lipinski definition) is 0. The van der Waals surface area contributed by atoms with E-state index in [1.165, 1.54) is 0 Å².